The molecule has 4 heterocycles. The predicted molar refractivity (Wildman–Crippen MR) is 125 cm³/mol. The molecule has 1 aliphatic heterocycles. The number of nitrogens with zero attached hydrogens (tertiary/aromatic N) is 7. The number of aromatic hydroxyl groups is 1. The molecule has 0 saturated carbocycles. The van der Waals surface area contributed by atoms with Gasteiger partial charge in [0.25, 0.3) is 11.4 Å². The molecule has 0 fully saturated rings. The van der Waals surface area contributed by atoms with E-state index in [-0.39, 0.29) is 11.3 Å². The normalized spacial score (nSPS) is 13.0. The van der Waals surface area contributed by atoms with Gasteiger partial charge in [0.15, 0.2) is 5.82 Å². The molecule has 0 saturated heterocycles. The van der Waals surface area contributed by atoms with E-state index < -0.39 is 0 Å². The van der Waals surface area contributed by atoms with Crippen molar-refractivity contribution in [3.63, 3.8) is 0 Å². The Morgan fingerprint density at radius 2 is 1.97 bits per heavy atom. The summed E-state index contributed by atoms with van der Waals surface area (Å²) in [6, 6.07) is 6.54. The highest BCUT2D eigenvalue weighted by Gasteiger charge is 2.25. The highest BCUT2D eigenvalue weighted by Crippen LogP contribution is 2.28. The zero-order chi connectivity index (χ0) is 22.9. The van der Waals surface area contributed by atoms with Crippen LogP contribution in [0.2, 0.25) is 0 Å². The maximum Gasteiger partial charge on any atom is 0.266 e. The van der Waals surface area contributed by atoms with Crippen LogP contribution in [0.25, 0.3) is 17.2 Å². The van der Waals surface area contributed by atoms with Crippen LogP contribution < -0.4 is 5.56 Å². The van der Waals surface area contributed by atoms with E-state index in [0.29, 0.717) is 54.0 Å². The number of fused-ring (bicyclic) bond motifs is 2. The number of hydrogen-bond acceptors (Lipinski definition) is 8. The highest BCUT2D eigenvalue weighted by molar-refractivity contribution is 9.18. The molecule has 1 N–H and O–H groups in total. The van der Waals surface area contributed by atoms with Gasteiger partial charge in [-0.15, -0.1) is 10.2 Å². The van der Waals surface area contributed by atoms with Crippen LogP contribution in [-0.2, 0) is 25.8 Å². The smallest absolute Gasteiger partial charge is 0.266 e. The van der Waals surface area contributed by atoms with E-state index in [2.05, 4.69) is 48.2 Å². The van der Waals surface area contributed by atoms with Crippen LogP contribution in [0.3, 0.4) is 0 Å². The van der Waals surface area contributed by atoms with Crippen molar-refractivity contribution in [3.05, 3.63) is 51.8 Å². The SMILES string of the molecule is CCCCCn1c2c(c(=O)n3c(CCc4noc(-c5ccc(O)cc5)n4)nnc13)CC(Br)=N2. The molecule has 11 heteroatoms. The molecule has 10 nitrogen and oxygen atoms in total. The van der Waals surface area contributed by atoms with E-state index >= 15 is 0 Å². The highest BCUT2D eigenvalue weighted by atomic mass is 79.9. The Morgan fingerprint density at radius 1 is 1.15 bits per heavy atom. The number of unbranched alkanes of at least 4 members (excludes halogenated alkanes) is 2. The number of halogens is 1. The van der Waals surface area contributed by atoms with Crippen molar-refractivity contribution in [3.8, 4) is 17.2 Å². The lowest BCUT2D eigenvalue weighted by Crippen LogP contribution is -2.24. The van der Waals surface area contributed by atoms with Gasteiger partial charge in [0.1, 0.15) is 17.4 Å². The number of rotatable bonds is 8. The number of aryl methyl sites for hydroxylation is 3. The van der Waals surface area contributed by atoms with Gasteiger partial charge >= 0.3 is 0 Å². The first kappa shape index (κ1) is 21.5. The van der Waals surface area contributed by atoms with E-state index in [1.165, 1.54) is 0 Å². The largest absolute Gasteiger partial charge is 0.508 e. The van der Waals surface area contributed by atoms with Crippen molar-refractivity contribution in [2.75, 3.05) is 0 Å². The number of hydrogen-bond donors (Lipinski definition) is 1. The van der Waals surface area contributed by atoms with Crippen LogP contribution in [-0.4, -0.2) is 39.0 Å². The molecule has 4 aromatic rings. The van der Waals surface area contributed by atoms with Crippen LogP contribution >= 0.6 is 15.9 Å². The second-order valence-electron chi connectivity index (χ2n) is 7.95. The Hall–Kier alpha value is -3.34. The molecule has 33 heavy (non-hydrogen) atoms. The lowest BCUT2D eigenvalue weighted by Gasteiger charge is -2.12. The third kappa shape index (κ3) is 4.08. The third-order valence-electron chi connectivity index (χ3n) is 5.63. The fourth-order valence-electron chi connectivity index (χ4n) is 3.95. The standard InChI is InChI=1S/C22H22BrN7O3/c1-2-3-4-11-29-19-15(12-16(23)24-19)21(32)30-18(26-27-22(29)30)10-9-17-25-20(33-28-17)13-5-7-14(31)8-6-13/h5-8,31H,2-4,9-12H2,1H3. The van der Waals surface area contributed by atoms with Crippen LogP contribution in [0, 0.1) is 0 Å². The molecule has 170 valence electrons. The summed E-state index contributed by atoms with van der Waals surface area (Å²) in [5, 5.41) is 22.1. The van der Waals surface area contributed by atoms with Crippen LogP contribution in [0.5, 0.6) is 5.75 Å². The summed E-state index contributed by atoms with van der Waals surface area (Å²) in [7, 11) is 0. The fraction of sp³-hybridized carbons (Fsp3) is 0.364. The predicted octanol–water partition coefficient (Wildman–Crippen LogP) is 3.60. The van der Waals surface area contributed by atoms with Crippen molar-refractivity contribution in [1.82, 2.24) is 29.3 Å². The summed E-state index contributed by atoms with van der Waals surface area (Å²) in [6.07, 6.45) is 4.49. The van der Waals surface area contributed by atoms with E-state index in [1.807, 2.05) is 4.57 Å². The maximum absolute atomic E-state index is 13.3. The van der Waals surface area contributed by atoms with Gasteiger partial charge in [-0.05, 0) is 46.6 Å². The van der Waals surface area contributed by atoms with Crippen molar-refractivity contribution in [1.29, 1.82) is 0 Å². The number of phenolic OH excluding ortho intramolecular Hbond substituents is 1. The number of benzene rings is 1. The molecule has 5 rings (SSSR count). The second-order valence-corrected chi connectivity index (χ2v) is 8.86. The minimum atomic E-state index is -0.136. The maximum atomic E-state index is 13.3. The molecule has 0 bridgehead atoms. The molecular weight excluding hydrogens is 490 g/mol. The fourth-order valence-corrected chi connectivity index (χ4v) is 4.40. The Bertz CT molecular complexity index is 1400. The van der Waals surface area contributed by atoms with E-state index in [9.17, 15) is 9.90 Å². The molecule has 0 spiro atoms. The number of aromatic nitrogens is 6. The van der Waals surface area contributed by atoms with Crippen molar-refractivity contribution in [2.24, 2.45) is 4.99 Å². The molecule has 1 aromatic carbocycles. The van der Waals surface area contributed by atoms with Crippen LogP contribution in [0.1, 0.15) is 43.4 Å². The molecule has 3 aromatic heterocycles. The van der Waals surface area contributed by atoms with E-state index in [4.69, 9.17) is 4.52 Å². The van der Waals surface area contributed by atoms with Gasteiger partial charge in [0, 0.05) is 31.4 Å². The van der Waals surface area contributed by atoms with Crippen molar-refractivity contribution < 1.29 is 9.63 Å². The molecule has 0 aliphatic carbocycles. The zero-order valence-corrected chi connectivity index (χ0v) is 19.6. The van der Waals surface area contributed by atoms with Crippen molar-refractivity contribution in [2.45, 2.75) is 52.0 Å². The summed E-state index contributed by atoms with van der Waals surface area (Å²) in [6.45, 7) is 2.88. The quantitative estimate of drug-likeness (QED) is 0.358. The third-order valence-corrected chi connectivity index (χ3v) is 6.09. The first-order valence-corrected chi connectivity index (χ1v) is 11.7. The van der Waals surface area contributed by atoms with Crippen LogP contribution in [0.15, 0.2) is 38.6 Å². The van der Waals surface area contributed by atoms with Gasteiger partial charge in [0.05, 0.1) is 10.2 Å². The molecule has 0 amide bonds. The number of phenols is 1. The average molecular weight is 512 g/mol. The Labute approximate surface area is 197 Å². The first-order valence-electron chi connectivity index (χ1n) is 10.9. The molecular formula is C22H22BrN7O3. The zero-order valence-electron chi connectivity index (χ0n) is 18.0. The summed E-state index contributed by atoms with van der Waals surface area (Å²) in [5.74, 6) is 2.78. The summed E-state index contributed by atoms with van der Waals surface area (Å²) < 4.78 is 9.68. The van der Waals surface area contributed by atoms with Gasteiger partial charge in [-0.25, -0.2) is 9.39 Å². The summed E-state index contributed by atoms with van der Waals surface area (Å²) in [4.78, 5) is 22.2. The monoisotopic (exact) mass is 511 g/mol. The van der Waals surface area contributed by atoms with E-state index in [0.717, 1.165) is 36.0 Å². The van der Waals surface area contributed by atoms with Crippen molar-refractivity contribution >= 4 is 32.1 Å². The molecule has 0 unspecified atom stereocenters. The summed E-state index contributed by atoms with van der Waals surface area (Å²) >= 11 is 3.45. The molecule has 0 radical (unpaired) electrons. The Balaban J connectivity index is 1.43. The first-order chi connectivity index (χ1) is 16.0. The van der Waals surface area contributed by atoms with Crippen LogP contribution in [0.4, 0.5) is 5.82 Å². The minimum absolute atomic E-state index is 0.136. The summed E-state index contributed by atoms with van der Waals surface area (Å²) in [5.41, 5.74) is 1.24. The minimum Gasteiger partial charge on any atom is -0.508 e. The number of aliphatic imine (C=N–C) groups is 1. The molecule has 0 atom stereocenters. The van der Waals surface area contributed by atoms with E-state index in [1.54, 1.807) is 28.7 Å². The Kier molecular flexibility index (Phi) is 5.79. The Morgan fingerprint density at radius 3 is 2.76 bits per heavy atom. The van der Waals surface area contributed by atoms with Gasteiger partial charge in [-0.3, -0.25) is 9.36 Å². The lowest BCUT2D eigenvalue weighted by molar-refractivity contribution is 0.422. The van der Waals surface area contributed by atoms with Gasteiger partial charge < -0.3 is 9.63 Å². The molecule has 1 aliphatic rings. The van der Waals surface area contributed by atoms with Gasteiger partial charge in [-0.1, -0.05) is 24.9 Å². The lowest BCUT2D eigenvalue weighted by atomic mass is 10.2. The van der Waals surface area contributed by atoms with Gasteiger partial charge in [-0.2, -0.15) is 4.98 Å². The average Bonchev–Trinajstić information content (AvgIpc) is 3.53. The second kappa shape index (κ2) is 8.89. The van der Waals surface area contributed by atoms with Gasteiger partial charge in [0.2, 0.25) is 5.78 Å². The topological polar surface area (TPSA) is 124 Å².